The number of rotatable bonds is 3. The van der Waals surface area contributed by atoms with Gasteiger partial charge in [0.1, 0.15) is 0 Å². The predicted octanol–water partition coefficient (Wildman–Crippen LogP) is 3.73. The highest BCUT2D eigenvalue weighted by atomic mass is 16.1. The Kier molecular flexibility index (Phi) is 4.13. The summed E-state index contributed by atoms with van der Waals surface area (Å²) in [4.78, 5) is 20.1. The average molecular weight is 357 g/mol. The summed E-state index contributed by atoms with van der Waals surface area (Å²) < 4.78 is 0. The first-order valence-electron chi connectivity index (χ1n) is 9.76. The van der Waals surface area contributed by atoms with Gasteiger partial charge in [0.15, 0.2) is 0 Å². The van der Waals surface area contributed by atoms with E-state index in [2.05, 4.69) is 28.4 Å². The maximum atomic E-state index is 12.8. The molecule has 3 aliphatic heterocycles. The van der Waals surface area contributed by atoms with Crippen molar-refractivity contribution in [3.8, 4) is 11.3 Å². The van der Waals surface area contributed by atoms with E-state index in [9.17, 15) is 4.79 Å². The van der Waals surface area contributed by atoms with Crippen LogP contribution in [0.15, 0.2) is 60.7 Å². The van der Waals surface area contributed by atoms with Gasteiger partial charge in [0, 0.05) is 29.1 Å². The van der Waals surface area contributed by atoms with Crippen LogP contribution in [0, 0.1) is 5.92 Å². The topological polar surface area (TPSA) is 45.2 Å². The maximum absolute atomic E-state index is 12.8. The van der Waals surface area contributed by atoms with Gasteiger partial charge < -0.3 is 10.2 Å². The Morgan fingerprint density at radius 3 is 2.52 bits per heavy atom. The summed E-state index contributed by atoms with van der Waals surface area (Å²) in [6, 6.07) is 20.3. The second kappa shape index (κ2) is 6.78. The number of carbonyl (C=O) groups is 1. The first-order valence-corrected chi connectivity index (χ1v) is 9.76. The summed E-state index contributed by atoms with van der Waals surface area (Å²) in [7, 11) is 0. The van der Waals surface area contributed by atoms with Crippen molar-refractivity contribution in [2.75, 3.05) is 19.6 Å². The number of carbonyl (C=O) groups excluding carboxylic acids is 1. The zero-order valence-corrected chi connectivity index (χ0v) is 15.3. The summed E-state index contributed by atoms with van der Waals surface area (Å²) in [5.41, 5.74) is 3.56. The number of nitrogens with zero attached hydrogens (tertiary/aromatic N) is 2. The van der Waals surface area contributed by atoms with E-state index in [4.69, 9.17) is 4.98 Å². The minimum Gasteiger partial charge on any atom is -0.348 e. The maximum Gasteiger partial charge on any atom is 0.251 e. The molecule has 1 N–H and O–H groups in total. The predicted molar refractivity (Wildman–Crippen MR) is 108 cm³/mol. The fourth-order valence-electron chi connectivity index (χ4n) is 4.41. The molecule has 2 aromatic carbocycles. The van der Waals surface area contributed by atoms with Gasteiger partial charge in [-0.15, -0.1) is 0 Å². The number of amides is 1. The zero-order chi connectivity index (χ0) is 18.2. The molecule has 1 amide bonds. The normalized spacial score (nSPS) is 24.1. The second-order valence-corrected chi connectivity index (χ2v) is 7.69. The lowest BCUT2D eigenvalue weighted by atomic mass is 9.84. The van der Waals surface area contributed by atoms with E-state index in [0.29, 0.717) is 11.5 Å². The summed E-state index contributed by atoms with van der Waals surface area (Å²) >= 11 is 0. The van der Waals surface area contributed by atoms with E-state index in [1.54, 1.807) is 0 Å². The molecule has 3 aromatic rings. The van der Waals surface area contributed by atoms with E-state index < -0.39 is 0 Å². The summed E-state index contributed by atoms with van der Waals surface area (Å²) in [6.07, 6.45) is 2.40. The van der Waals surface area contributed by atoms with Crippen LogP contribution < -0.4 is 5.32 Å². The molecule has 4 heteroatoms. The van der Waals surface area contributed by atoms with E-state index in [0.717, 1.165) is 28.7 Å². The molecule has 4 heterocycles. The molecular weight excluding hydrogens is 334 g/mol. The fourth-order valence-corrected chi connectivity index (χ4v) is 4.41. The average Bonchev–Trinajstić information content (AvgIpc) is 2.74. The molecule has 3 saturated heterocycles. The van der Waals surface area contributed by atoms with Crippen molar-refractivity contribution < 1.29 is 4.79 Å². The minimum absolute atomic E-state index is 0.0163. The van der Waals surface area contributed by atoms with Crippen LogP contribution in [0.1, 0.15) is 23.2 Å². The van der Waals surface area contributed by atoms with Crippen LogP contribution >= 0.6 is 0 Å². The number of fused-ring (bicyclic) bond motifs is 4. The molecule has 6 rings (SSSR count). The highest BCUT2D eigenvalue weighted by Gasteiger charge is 2.34. The van der Waals surface area contributed by atoms with Gasteiger partial charge >= 0.3 is 0 Å². The smallest absolute Gasteiger partial charge is 0.251 e. The Morgan fingerprint density at radius 1 is 1.00 bits per heavy atom. The van der Waals surface area contributed by atoms with Gasteiger partial charge in [0.25, 0.3) is 5.91 Å². The first-order chi connectivity index (χ1) is 13.3. The van der Waals surface area contributed by atoms with Crippen LogP contribution in [-0.4, -0.2) is 41.5 Å². The lowest BCUT2D eigenvalue weighted by Crippen LogP contribution is -2.57. The number of hydrogen-bond acceptors (Lipinski definition) is 3. The molecular formula is C23H23N3O. The summed E-state index contributed by atoms with van der Waals surface area (Å²) in [6.45, 7) is 3.35. The van der Waals surface area contributed by atoms with Crippen LogP contribution in [0.4, 0.5) is 0 Å². The van der Waals surface area contributed by atoms with Crippen molar-refractivity contribution in [3.05, 3.63) is 66.2 Å². The largest absolute Gasteiger partial charge is 0.348 e. The van der Waals surface area contributed by atoms with E-state index in [1.165, 1.54) is 25.9 Å². The van der Waals surface area contributed by atoms with Crippen LogP contribution in [0.3, 0.4) is 0 Å². The molecule has 1 aromatic heterocycles. The number of aromatic nitrogens is 1. The molecule has 3 fully saturated rings. The Bertz CT molecular complexity index is 977. The molecule has 136 valence electrons. The van der Waals surface area contributed by atoms with Crippen molar-refractivity contribution in [2.24, 2.45) is 5.92 Å². The Balaban J connectivity index is 1.40. The van der Waals surface area contributed by atoms with Gasteiger partial charge in [-0.3, -0.25) is 4.79 Å². The molecule has 1 unspecified atom stereocenters. The fraction of sp³-hybridized carbons (Fsp3) is 0.304. The SMILES string of the molecule is O=C(NC1CN2CCC1CC2)c1ccc2ccc(-c3ccccc3)nc2c1. The third-order valence-corrected chi connectivity index (χ3v) is 6.00. The Hall–Kier alpha value is -2.72. The summed E-state index contributed by atoms with van der Waals surface area (Å²) in [5.74, 6) is 0.643. The van der Waals surface area contributed by atoms with Gasteiger partial charge in [0.2, 0.25) is 0 Å². The van der Waals surface area contributed by atoms with Gasteiger partial charge in [-0.1, -0.05) is 42.5 Å². The third kappa shape index (κ3) is 3.21. The van der Waals surface area contributed by atoms with Gasteiger partial charge in [0.05, 0.1) is 11.2 Å². The van der Waals surface area contributed by atoms with Crippen LogP contribution in [0.25, 0.3) is 22.2 Å². The van der Waals surface area contributed by atoms with Crippen molar-refractivity contribution in [1.29, 1.82) is 0 Å². The molecule has 3 aliphatic rings. The van der Waals surface area contributed by atoms with Crippen molar-refractivity contribution in [2.45, 2.75) is 18.9 Å². The molecule has 0 radical (unpaired) electrons. The lowest BCUT2D eigenvalue weighted by Gasteiger charge is -2.44. The van der Waals surface area contributed by atoms with Crippen molar-refractivity contribution in [1.82, 2.24) is 15.2 Å². The zero-order valence-electron chi connectivity index (χ0n) is 15.3. The third-order valence-electron chi connectivity index (χ3n) is 6.00. The number of piperidine rings is 3. The second-order valence-electron chi connectivity index (χ2n) is 7.69. The van der Waals surface area contributed by atoms with Crippen LogP contribution in [0.5, 0.6) is 0 Å². The molecule has 0 saturated carbocycles. The highest BCUT2D eigenvalue weighted by molar-refractivity contribution is 5.98. The number of pyridine rings is 1. The van der Waals surface area contributed by atoms with Crippen molar-refractivity contribution >= 4 is 16.8 Å². The Labute approximate surface area is 159 Å². The lowest BCUT2D eigenvalue weighted by molar-refractivity contribution is 0.0620. The first kappa shape index (κ1) is 16.5. The molecule has 0 aliphatic carbocycles. The Morgan fingerprint density at radius 2 is 1.78 bits per heavy atom. The molecule has 0 spiro atoms. The quantitative estimate of drug-likeness (QED) is 0.777. The molecule has 27 heavy (non-hydrogen) atoms. The van der Waals surface area contributed by atoms with Crippen LogP contribution in [-0.2, 0) is 0 Å². The van der Waals surface area contributed by atoms with E-state index in [-0.39, 0.29) is 11.9 Å². The van der Waals surface area contributed by atoms with Gasteiger partial charge in [-0.25, -0.2) is 4.98 Å². The monoisotopic (exact) mass is 357 g/mol. The standard InChI is InChI=1S/C23H23N3O/c27-23(25-22-15-26-12-10-18(22)11-13-26)19-7-6-17-8-9-20(24-21(17)14-19)16-4-2-1-3-5-16/h1-9,14,18,22H,10-13,15H2,(H,25,27). The van der Waals surface area contributed by atoms with E-state index in [1.807, 2.05) is 42.5 Å². The molecule has 4 nitrogen and oxygen atoms in total. The van der Waals surface area contributed by atoms with Gasteiger partial charge in [-0.05, 0) is 50.0 Å². The van der Waals surface area contributed by atoms with Gasteiger partial charge in [-0.2, -0.15) is 0 Å². The highest BCUT2D eigenvalue weighted by Crippen LogP contribution is 2.28. The molecule has 2 bridgehead atoms. The number of benzene rings is 2. The minimum atomic E-state index is 0.0163. The number of hydrogen-bond donors (Lipinski definition) is 1. The van der Waals surface area contributed by atoms with Crippen molar-refractivity contribution in [3.63, 3.8) is 0 Å². The summed E-state index contributed by atoms with van der Waals surface area (Å²) in [5, 5.41) is 4.32. The molecule has 1 atom stereocenters. The van der Waals surface area contributed by atoms with E-state index >= 15 is 0 Å². The van der Waals surface area contributed by atoms with Crippen LogP contribution in [0.2, 0.25) is 0 Å². The number of nitrogens with one attached hydrogen (secondary N) is 1.